The van der Waals surface area contributed by atoms with Crippen molar-refractivity contribution < 1.29 is 0 Å². The van der Waals surface area contributed by atoms with Crippen LogP contribution >= 0.6 is 0 Å². The zero-order valence-electron chi connectivity index (χ0n) is 9.68. The Labute approximate surface area is 89.1 Å². The third kappa shape index (κ3) is 4.55. The van der Waals surface area contributed by atoms with Gasteiger partial charge in [-0.05, 0) is 6.42 Å². The maximum Gasteiger partial charge on any atom is 0.0934 e. The first-order chi connectivity index (χ1) is 6.83. The average molecular weight is 191 g/mol. The van der Waals surface area contributed by atoms with E-state index >= 15 is 0 Å². The van der Waals surface area contributed by atoms with E-state index in [1.165, 1.54) is 56.4 Å². The molecular formula is C14H23+. The highest BCUT2D eigenvalue weighted by molar-refractivity contribution is 5.39. The maximum absolute atomic E-state index is 2.31. The van der Waals surface area contributed by atoms with Crippen LogP contribution in [0.3, 0.4) is 0 Å². The predicted octanol–water partition coefficient (Wildman–Crippen LogP) is 4.83. The van der Waals surface area contributed by atoms with Gasteiger partial charge in [0.15, 0.2) is 0 Å². The molecule has 0 radical (unpaired) electrons. The molecule has 0 N–H and O–H groups in total. The second-order valence-corrected chi connectivity index (χ2v) is 4.31. The van der Waals surface area contributed by atoms with Crippen LogP contribution in [0.1, 0.15) is 58.8 Å². The minimum absolute atomic E-state index is 1.28. The van der Waals surface area contributed by atoms with Crippen molar-refractivity contribution in [3.8, 4) is 0 Å². The molecule has 0 aliphatic heterocycles. The quantitative estimate of drug-likeness (QED) is 0.399. The Kier molecular flexibility index (Phi) is 5.51. The summed E-state index contributed by atoms with van der Waals surface area (Å²) in [5.41, 5.74) is 1.53. The fourth-order valence-corrected chi connectivity index (χ4v) is 1.89. The van der Waals surface area contributed by atoms with Gasteiger partial charge in [-0.15, -0.1) is 0 Å². The maximum atomic E-state index is 2.31. The molecule has 0 aromatic heterocycles. The van der Waals surface area contributed by atoms with Gasteiger partial charge in [0.1, 0.15) is 0 Å². The lowest BCUT2D eigenvalue weighted by Crippen LogP contribution is -1.81. The average Bonchev–Trinajstić information content (AvgIpc) is 2.58. The van der Waals surface area contributed by atoms with Gasteiger partial charge in [0.25, 0.3) is 0 Å². The predicted molar refractivity (Wildman–Crippen MR) is 64.1 cm³/mol. The van der Waals surface area contributed by atoms with E-state index in [9.17, 15) is 0 Å². The summed E-state index contributed by atoms with van der Waals surface area (Å²) in [6, 6.07) is 0. The fourth-order valence-electron chi connectivity index (χ4n) is 1.89. The summed E-state index contributed by atoms with van der Waals surface area (Å²) in [6.07, 6.45) is 16.5. The monoisotopic (exact) mass is 191 g/mol. The Morgan fingerprint density at radius 1 is 1.07 bits per heavy atom. The molecule has 0 saturated heterocycles. The summed E-state index contributed by atoms with van der Waals surface area (Å²) in [5, 5.41) is 0. The van der Waals surface area contributed by atoms with Gasteiger partial charge in [-0.1, -0.05) is 39.0 Å². The highest BCUT2D eigenvalue weighted by Crippen LogP contribution is 2.21. The first-order valence-electron chi connectivity index (χ1n) is 6.05. The molecule has 0 unspecified atom stereocenters. The van der Waals surface area contributed by atoms with E-state index in [-0.39, 0.29) is 0 Å². The van der Waals surface area contributed by atoms with Crippen LogP contribution in [-0.4, -0.2) is 0 Å². The molecule has 0 bridgehead atoms. The van der Waals surface area contributed by atoms with Crippen molar-refractivity contribution in [3.05, 3.63) is 29.7 Å². The number of hydrogen-bond acceptors (Lipinski definition) is 0. The molecule has 0 aromatic rings. The van der Waals surface area contributed by atoms with Crippen LogP contribution in [0.4, 0.5) is 0 Å². The van der Waals surface area contributed by atoms with Crippen LogP contribution < -0.4 is 0 Å². The third-order valence-electron chi connectivity index (χ3n) is 2.79. The van der Waals surface area contributed by atoms with Crippen molar-refractivity contribution in [1.29, 1.82) is 0 Å². The zero-order valence-corrected chi connectivity index (χ0v) is 9.68. The molecular weight excluding hydrogens is 168 g/mol. The van der Waals surface area contributed by atoms with Crippen LogP contribution in [0.25, 0.3) is 0 Å². The first kappa shape index (κ1) is 11.4. The van der Waals surface area contributed by atoms with Crippen molar-refractivity contribution >= 4 is 0 Å². The summed E-state index contributed by atoms with van der Waals surface area (Å²) in [4.78, 5) is 0. The molecule has 1 rings (SSSR count). The fraction of sp³-hybridized carbons (Fsp3) is 0.643. The van der Waals surface area contributed by atoms with Gasteiger partial charge in [0.2, 0.25) is 0 Å². The highest BCUT2D eigenvalue weighted by atomic mass is 14.1. The van der Waals surface area contributed by atoms with Crippen LogP contribution in [-0.2, 0) is 0 Å². The van der Waals surface area contributed by atoms with Crippen LogP contribution in [0, 0.1) is 5.92 Å². The molecule has 14 heavy (non-hydrogen) atoms. The van der Waals surface area contributed by atoms with E-state index in [0.717, 1.165) is 0 Å². The smallest absolute Gasteiger partial charge is 0.0654 e. The summed E-state index contributed by atoms with van der Waals surface area (Å²) in [6.45, 7) is 4.44. The molecule has 0 nitrogen and oxygen atoms in total. The van der Waals surface area contributed by atoms with Gasteiger partial charge >= 0.3 is 0 Å². The largest absolute Gasteiger partial charge is 0.0934 e. The van der Waals surface area contributed by atoms with Gasteiger partial charge < -0.3 is 0 Å². The van der Waals surface area contributed by atoms with E-state index in [4.69, 9.17) is 0 Å². The van der Waals surface area contributed by atoms with Crippen LogP contribution in [0.15, 0.2) is 23.8 Å². The second kappa shape index (κ2) is 6.75. The zero-order chi connectivity index (χ0) is 10.2. The van der Waals surface area contributed by atoms with Gasteiger partial charge in [0, 0.05) is 13.3 Å². The minimum atomic E-state index is 1.28. The lowest BCUT2D eigenvalue weighted by Gasteiger charge is -1.97. The summed E-state index contributed by atoms with van der Waals surface area (Å²) in [7, 11) is 0. The summed E-state index contributed by atoms with van der Waals surface area (Å²) >= 11 is 0. The second-order valence-electron chi connectivity index (χ2n) is 4.31. The van der Waals surface area contributed by atoms with E-state index < -0.39 is 0 Å². The van der Waals surface area contributed by atoms with Crippen molar-refractivity contribution in [1.82, 2.24) is 0 Å². The Morgan fingerprint density at radius 2 is 1.79 bits per heavy atom. The molecule has 0 spiro atoms. The number of rotatable bonds is 7. The molecule has 0 atom stereocenters. The van der Waals surface area contributed by atoms with E-state index in [1.54, 1.807) is 0 Å². The highest BCUT2D eigenvalue weighted by Gasteiger charge is 2.12. The molecule has 78 valence electrons. The molecule has 0 heterocycles. The standard InChI is InChI=1S/C14H23/c1-3-4-5-6-7-8-9-14-11-10-13(2)12-14/h10-12H,3-9H2,1-2H3/q+1. The Hall–Kier alpha value is -0.650. The van der Waals surface area contributed by atoms with E-state index in [0.29, 0.717) is 0 Å². The Morgan fingerprint density at radius 3 is 2.43 bits per heavy atom. The molecule has 0 amide bonds. The molecule has 1 aliphatic carbocycles. The van der Waals surface area contributed by atoms with Gasteiger partial charge in [-0.25, -0.2) is 0 Å². The topological polar surface area (TPSA) is 0 Å². The first-order valence-corrected chi connectivity index (χ1v) is 6.05. The SMILES string of the molecule is CCCCCCCCC1=C[C+](C)C=C1. The normalized spacial score (nSPS) is 15.0. The lowest BCUT2D eigenvalue weighted by molar-refractivity contribution is 0.608. The number of hydrogen-bond donors (Lipinski definition) is 0. The molecule has 0 aromatic carbocycles. The molecule has 0 fully saturated rings. The van der Waals surface area contributed by atoms with Crippen LogP contribution in [0.2, 0.25) is 0 Å². The summed E-state index contributed by atoms with van der Waals surface area (Å²) in [5.74, 6) is 1.41. The number of allylic oxidation sites excluding steroid dienone is 4. The van der Waals surface area contributed by atoms with E-state index in [2.05, 4.69) is 32.1 Å². The third-order valence-corrected chi connectivity index (χ3v) is 2.79. The van der Waals surface area contributed by atoms with Crippen molar-refractivity contribution in [3.63, 3.8) is 0 Å². The van der Waals surface area contributed by atoms with Gasteiger partial charge in [-0.3, -0.25) is 0 Å². The van der Waals surface area contributed by atoms with Crippen molar-refractivity contribution in [2.45, 2.75) is 58.8 Å². The Balaban J connectivity index is 1.94. The molecule has 1 aliphatic rings. The molecule has 0 saturated carbocycles. The summed E-state index contributed by atoms with van der Waals surface area (Å²) < 4.78 is 0. The van der Waals surface area contributed by atoms with Crippen molar-refractivity contribution in [2.24, 2.45) is 0 Å². The molecule has 0 heteroatoms. The van der Waals surface area contributed by atoms with Crippen molar-refractivity contribution in [2.75, 3.05) is 0 Å². The lowest BCUT2D eigenvalue weighted by atomic mass is 10.1. The van der Waals surface area contributed by atoms with Gasteiger partial charge in [0.05, 0.1) is 29.7 Å². The minimum Gasteiger partial charge on any atom is -0.0654 e. The van der Waals surface area contributed by atoms with E-state index in [1.807, 2.05) is 0 Å². The Bertz CT molecular complexity index is 198. The van der Waals surface area contributed by atoms with Gasteiger partial charge in [-0.2, -0.15) is 0 Å². The van der Waals surface area contributed by atoms with Crippen LogP contribution in [0.5, 0.6) is 0 Å². The number of unbranched alkanes of at least 4 members (excludes halogenated alkanes) is 5.